The van der Waals surface area contributed by atoms with Gasteiger partial charge in [-0.25, -0.2) is 4.79 Å². The topological polar surface area (TPSA) is 84.5 Å². The lowest BCUT2D eigenvalue weighted by Crippen LogP contribution is -2.54. The molecule has 0 unspecified atom stereocenters. The van der Waals surface area contributed by atoms with E-state index in [1.807, 2.05) is 6.92 Å². The first-order valence-corrected chi connectivity index (χ1v) is 9.02. The van der Waals surface area contributed by atoms with Crippen molar-refractivity contribution in [3.63, 3.8) is 0 Å². The van der Waals surface area contributed by atoms with Crippen LogP contribution in [0.15, 0.2) is 0 Å². The molecule has 114 valence electrons. The van der Waals surface area contributed by atoms with Crippen LogP contribution in [-0.2, 0) is 19.1 Å². The van der Waals surface area contributed by atoms with E-state index in [0.29, 0.717) is 18.1 Å². The Morgan fingerprint density at radius 2 is 2.10 bits per heavy atom. The van der Waals surface area contributed by atoms with Crippen LogP contribution in [0.25, 0.3) is 0 Å². The molecule has 20 heavy (non-hydrogen) atoms. The lowest BCUT2D eigenvalue weighted by molar-refractivity contribution is -0.147. The van der Waals surface area contributed by atoms with Crippen molar-refractivity contribution in [2.45, 2.75) is 38.8 Å². The molecule has 1 heterocycles. The normalized spacial score (nSPS) is 23.2. The molecule has 0 aromatic carbocycles. The Balaban J connectivity index is 2.54. The average molecular weight is 320 g/mol. The molecule has 1 fully saturated rings. The second-order valence-corrected chi connectivity index (χ2v) is 6.96. The zero-order chi connectivity index (χ0) is 15.0. The van der Waals surface area contributed by atoms with Crippen LogP contribution in [0.4, 0.5) is 0 Å². The van der Waals surface area contributed by atoms with Gasteiger partial charge in [0.15, 0.2) is 0 Å². The van der Waals surface area contributed by atoms with Crippen LogP contribution in [0, 0.1) is 0 Å². The van der Waals surface area contributed by atoms with Gasteiger partial charge in [-0.3, -0.25) is 9.59 Å². The van der Waals surface area contributed by atoms with Crippen molar-refractivity contribution in [1.82, 2.24) is 10.6 Å². The average Bonchev–Trinajstić information content (AvgIpc) is 2.38. The van der Waals surface area contributed by atoms with Gasteiger partial charge in [0.25, 0.3) is 0 Å². The van der Waals surface area contributed by atoms with Gasteiger partial charge in [-0.2, -0.15) is 0 Å². The molecule has 1 saturated heterocycles. The maximum Gasteiger partial charge on any atom is 0.329 e. The summed E-state index contributed by atoms with van der Waals surface area (Å²) < 4.78 is 5.12. The molecule has 1 rings (SSSR count). The molecule has 0 aromatic rings. The van der Waals surface area contributed by atoms with Gasteiger partial charge in [0, 0.05) is 18.4 Å². The zero-order valence-electron chi connectivity index (χ0n) is 11.6. The molecular weight excluding hydrogens is 300 g/mol. The van der Waals surface area contributed by atoms with E-state index >= 15 is 0 Å². The Hall–Kier alpha value is -0.890. The summed E-state index contributed by atoms with van der Waals surface area (Å²) in [4.78, 5) is 34.9. The van der Waals surface area contributed by atoms with Gasteiger partial charge in [-0.15, -0.1) is 0 Å². The molecule has 0 bridgehead atoms. The first-order valence-electron chi connectivity index (χ1n) is 6.53. The lowest BCUT2D eigenvalue weighted by atomic mass is 10.2. The zero-order valence-corrected chi connectivity index (χ0v) is 13.3. The van der Waals surface area contributed by atoms with Gasteiger partial charge in [0.2, 0.25) is 11.8 Å². The molecule has 0 aromatic heterocycles. The number of carbonyl (C=O) groups is 3. The molecule has 0 aliphatic carbocycles. The van der Waals surface area contributed by atoms with Crippen molar-refractivity contribution in [2.75, 3.05) is 18.1 Å². The highest BCUT2D eigenvalue weighted by Crippen LogP contribution is 2.25. The Morgan fingerprint density at radius 1 is 1.40 bits per heavy atom. The second-order valence-electron chi connectivity index (χ2n) is 4.40. The molecule has 2 atom stereocenters. The van der Waals surface area contributed by atoms with Crippen LogP contribution < -0.4 is 10.6 Å². The van der Waals surface area contributed by atoms with Crippen LogP contribution in [0.1, 0.15) is 26.7 Å². The summed E-state index contributed by atoms with van der Waals surface area (Å²) in [6.45, 7) is 3.74. The smallest absolute Gasteiger partial charge is 0.329 e. The number of hydrogen-bond acceptors (Lipinski definition) is 6. The van der Waals surface area contributed by atoms with Crippen molar-refractivity contribution in [2.24, 2.45) is 0 Å². The highest BCUT2D eigenvalue weighted by atomic mass is 33.1. The van der Waals surface area contributed by atoms with E-state index in [0.717, 1.165) is 12.8 Å². The van der Waals surface area contributed by atoms with E-state index in [1.54, 1.807) is 0 Å². The largest absolute Gasteiger partial charge is 0.464 e. The monoisotopic (exact) mass is 320 g/mol. The summed E-state index contributed by atoms with van der Waals surface area (Å²) in [6, 6.07) is -1.27. The Bertz CT molecular complexity index is 365. The Morgan fingerprint density at radius 3 is 2.75 bits per heavy atom. The van der Waals surface area contributed by atoms with E-state index in [-0.39, 0.29) is 11.8 Å². The van der Waals surface area contributed by atoms with Crippen molar-refractivity contribution in [3.8, 4) is 0 Å². The van der Waals surface area contributed by atoms with E-state index in [2.05, 4.69) is 10.6 Å². The summed E-state index contributed by atoms with van der Waals surface area (Å²) in [5.74, 6) is -0.0748. The first-order chi connectivity index (χ1) is 9.54. The molecule has 0 radical (unpaired) electrons. The van der Waals surface area contributed by atoms with Gasteiger partial charge in [0.1, 0.15) is 12.1 Å². The van der Waals surface area contributed by atoms with Gasteiger partial charge >= 0.3 is 5.97 Å². The highest BCUT2D eigenvalue weighted by molar-refractivity contribution is 8.76. The molecule has 1 aliphatic heterocycles. The third-order valence-electron chi connectivity index (χ3n) is 2.59. The molecule has 6 nitrogen and oxygen atoms in total. The third-order valence-corrected chi connectivity index (χ3v) is 5.01. The number of unbranched alkanes of at least 4 members (excludes halogenated alkanes) is 1. The molecule has 0 saturated carbocycles. The third kappa shape index (κ3) is 6.04. The van der Waals surface area contributed by atoms with Crippen molar-refractivity contribution in [1.29, 1.82) is 0 Å². The Labute approximate surface area is 126 Å². The molecule has 0 spiro atoms. The SMILES string of the molecule is CCCCOC(=O)[C@@H]1CSSC[C@H](NC(C)=O)C(=O)N1. The minimum Gasteiger partial charge on any atom is -0.464 e. The fourth-order valence-corrected chi connectivity index (χ4v) is 3.83. The quantitative estimate of drug-likeness (QED) is 0.441. The molecule has 1 aliphatic rings. The van der Waals surface area contributed by atoms with E-state index in [9.17, 15) is 14.4 Å². The minimum atomic E-state index is -0.659. The van der Waals surface area contributed by atoms with E-state index in [1.165, 1.54) is 28.5 Å². The standard InChI is InChI=1S/C12H20N2O4S2/c1-3-4-5-18-12(17)10-7-20-19-6-9(11(16)14-10)13-8(2)15/h9-10H,3-7H2,1-2H3,(H,13,15)(H,14,16)/t9-,10-/m0/s1. The van der Waals surface area contributed by atoms with Crippen molar-refractivity contribution < 1.29 is 19.1 Å². The predicted octanol–water partition coefficient (Wildman–Crippen LogP) is 0.714. The molecule has 2 N–H and O–H groups in total. The molecule has 8 heteroatoms. The summed E-state index contributed by atoms with van der Waals surface area (Å²) >= 11 is 0. The summed E-state index contributed by atoms with van der Waals surface area (Å²) in [5, 5.41) is 5.21. The van der Waals surface area contributed by atoms with Gasteiger partial charge in [-0.1, -0.05) is 34.9 Å². The summed E-state index contributed by atoms with van der Waals surface area (Å²) in [6.07, 6.45) is 1.75. The van der Waals surface area contributed by atoms with Gasteiger partial charge < -0.3 is 15.4 Å². The van der Waals surface area contributed by atoms with Crippen LogP contribution in [0.5, 0.6) is 0 Å². The van der Waals surface area contributed by atoms with Crippen LogP contribution >= 0.6 is 21.6 Å². The number of amides is 2. The van der Waals surface area contributed by atoms with Crippen LogP contribution in [0.2, 0.25) is 0 Å². The van der Waals surface area contributed by atoms with E-state index in [4.69, 9.17) is 4.74 Å². The number of nitrogens with one attached hydrogen (secondary N) is 2. The fourth-order valence-electron chi connectivity index (χ4n) is 1.52. The number of ether oxygens (including phenoxy) is 1. The maximum absolute atomic E-state index is 12.0. The van der Waals surface area contributed by atoms with E-state index < -0.39 is 18.1 Å². The van der Waals surface area contributed by atoms with Crippen LogP contribution in [-0.4, -0.2) is 48.0 Å². The molecular formula is C12H20N2O4S2. The summed E-state index contributed by atoms with van der Waals surface area (Å²) in [5.41, 5.74) is 0. The molecule has 2 amide bonds. The van der Waals surface area contributed by atoms with Gasteiger partial charge in [0.05, 0.1) is 6.61 Å². The highest BCUT2D eigenvalue weighted by Gasteiger charge is 2.29. The number of hydrogen-bond donors (Lipinski definition) is 2. The number of esters is 1. The minimum absolute atomic E-state index is 0.265. The first kappa shape index (κ1) is 17.2. The summed E-state index contributed by atoms with van der Waals surface area (Å²) in [7, 11) is 2.95. The predicted molar refractivity (Wildman–Crippen MR) is 80.3 cm³/mol. The van der Waals surface area contributed by atoms with Crippen LogP contribution in [0.3, 0.4) is 0 Å². The number of carbonyl (C=O) groups excluding carboxylic acids is 3. The second kappa shape index (κ2) is 9.12. The van der Waals surface area contributed by atoms with Crippen molar-refractivity contribution >= 4 is 39.4 Å². The number of rotatable bonds is 5. The van der Waals surface area contributed by atoms with Gasteiger partial charge in [-0.05, 0) is 6.42 Å². The lowest BCUT2D eigenvalue weighted by Gasteiger charge is -2.24. The Kier molecular flexibility index (Phi) is 7.83. The van der Waals surface area contributed by atoms with Crippen molar-refractivity contribution in [3.05, 3.63) is 0 Å². The maximum atomic E-state index is 12.0. The fraction of sp³-hybridized carbons (Fsp3) is 0.750.